The normalized spacial score (nSPS) is 17.2. The largest absolute Gasteiger partial charge is 0.395 e. The monoisotopic (exact) mass is 718 g/mol. The number of nitrogens with one attached hydrogen (secondary N) is 1. The highest BCUT2D eigenvalue weighted by Gasteiger charge is 2.52. The zero-order valence-electron chi connectivity index (χ0n) is 26.8. The molecule has 1 aliphatic rings. The topological polar surface area (TPSA) is 129 Å². The Morgan fingerprint density at radius 3 is 2.57 bits per heavy atom. The fraction of sp³-hybridized carbons (Fsp3) is 0.211. The second kappa shape index (κ2) is 13.4. The average Bonchev–Trinajstić information content (AvgIpc) is 3.78. The van der Waals surface area contributed by atoms with Crippen molar-refractivity contribution >= 4 is 38.4 Å². The molecule has 7 rings (SSSR count). The molecular formula is C38H35BrN6O4. The second-order valence-electron chi connectivity index (χ2n) is 12.3. The van der Waals surface area contributed by atoms with Gasteiger partial charge in [-0.05, 0) is 60.0 Å². The summed E-state index contributed by atoms with van der Waals surface area (Å²) < 4.78 is 3.99. The van der Waals surface area contributed by atoms with Crippen molar-refractivity contribution in [3.63, 3.8) is 0 Å². The van der Waals surface area contributed by atoms with Gasteiger partial charge in [-0.1, -0.05) is 94.8 Å². The summed E-state index contributed by atoms with van der Waals surface area (Å²) in [6.45, 7) is 2.52. The van der Waals surface area contributed by atoms with Crippen molar-refractivity contribution in [1.29, 1.82) is 0 Å². The number of aliphatic hydroxyl groups is 2. The zero-order valence-corrected chi connectivity index (χ0v) is 28.4. The second-order valence-corrected chi connectivity index (χ2v) is 13.3. The van der Waals surface area contributed by atoms with Crippen LogP contribution < -0.4 is 10.5 Å². The van der Waals surface area contributed by atoms with Gasteiger partial charge in [0.2, 0.25) is 0 Å². The van der Waals surface area contributed by atoms with E-state index in [0.29, 0.717) is 41.0 Å². The molecule has 0 spiro atoms. The lowest BCUT2D eigenvalue weighted by molar-refractivity contribution is -0.139. The molecule has 6 aromatic rings. The average molecular weight is 720 g/mol. The molecule has 0 fully saturated rings. The molecule has 1 unspecified atom stereocenters. The number of rotatable bonds is 11. The first-order valence-corrected chi connectivity index (χ1v) is 16.9. The highest BCUT2D eigenvalue weighted by atomic mass is 79.9. The number of aromatic amines is 1. The Balaban J connectivity index is 1.08. The summed E-state index contributed by atoms with van der Waals surface area (Å²) in [5, 5.41) is 34.4. The van der Waals surface area contributed by atoms with Crippen LogP contribution in [0.2, 0.25) is 0 Å². The van der Waals surface area contributed by atoms with Gasteiger partial charge in [0.05, 0.1) is 47.0 Å². The number of carbonyl (C=O) groups excluding carboxylic acids is 1. The summed E-state index contributed by atoms with van der Waals surface area (Å²) in [6.07, 6.45) is 6.25. The van der Waals surface area contributed by atoms with Crippen molar-refractivity contribution in [2.45, 2.75) is 38.0 Å². The number of aryl methyl sites for hydroxylation is 1. The molecule has 0 saturated heterocycles. The highest BCUT2D eigenvalue weighted by Crippen LogP contribution is 2.46. The van der Waals surface area contributed by atoms with Crippen LogP contribution in [0.25, 0.3) is 16.6 Å². The SMILES string of the molecule is C[C@H](/C=C/CCn1cc(C(CO)c2ccccc2)nn1)[C@@]1(O)C(=O)N(Cc2cccc(-n3[nH]c4ccccc4c3=O)c2)c2ccc(Br)cc21. The number of para-hydroxylation sites is 1. The summed E-state index contributed by atoms with van der Waals surface area (Å²) >= 11 is 3.52. The minimum absolute atomic E-state index is 0.0725. The van der Waals surface area contributed by atoms with Gasteiger partial charge >= 0.3 is 0 Å². The Labute approximate surface area is 291 Å². The van der Waals surface area contributed by atoms with Crippen molar-refractivity contribution in [3.8, 4) is 5.69 Å². The first-order valence-electron chi connectivity index (χ1n) is 16.1. The lowest BCUT2D eigenvalue weighted by Crippen LogP contribution is -2.44. The van der Waals surface area contributed by atoms with E-state index in [1.165, 1.54) is 4.68 Å². The van der Waals surface area contributed by atoms with Gasteiger partial charge in [-0.25, -0.2) is 4.68 Å². The molecule has 0 saturated carbocycles. The number of amides is 1. The predicted octanol–water partition coefficient (Wildman–Crippen LogP) is 5.81. The van der Waals surface area contributed by atoms with Crippen LogP contribution in [0.5, 0.6) is 0 Å². The third-order valence-corrected chi connectivity index (χ3v) is 9.73. The van der Waals surface area contributed by atoms with Gasteiger partial charge in [-0.3, -0.25) is 19.4 Å². The minimum Gasteiger partial charge on any atom is -0.395 e. The first kappa shape index (κ1) is 32.4. The van der Waals surface area contributed by atoms with E-state index in [1.807, 2.05) is 110 Å². The molecule has 4 aromatic carbocycles. The maximum atomic E-state index is 14.2. The number of carbonyl (C=O) groups is 1. The molecule has 3 N–H and O–H groups in total. The van der Waals surface area contributed by atoms with Gasteiger partial charge in [-0.2, -0.15) is 0 Å². The maximum absolute atomic E-state index is 14.2. The Morgan fingerprint density at radius 2 is 1.78 bits per heavy atom. The Kier molecular flexibility index (Phi) is 8.89. The van der Waals surface area contributed by atoms with Crippen molar-refractivity contribution in [3.05, 3.63) is 153 Å². The molecule has 49 heavy (non-hydrogen) atoms. The fourth-order valence-electron chi connectivity index (χ4n) is 6.58. The molecule has 2 aromatic heterocycles. The smallest absolute Gasteiger partial charge is 0.279 e. The summed E-state index contributed by atoms with van der Waals surface area (Å²) in [6, 6.07) is 30.0. The molecule has 0 bridgehead atoms. The Bertz CT molecular complexity index is 2220. The van der Waals surface area contributed by atoms with Crippen LogP contribution in [-0.2, 0) is 23.5 Å². The first-order chi connectivity index (χ1) is 23.8. The molecule has 248 valence electrons. The van der Waals surface area contributed by atoms with E-state index in [-0.39, 0.29) is 24.6 Å². The van der Waals surface area contributed by atoms with Gasteiger partial charge in [0.1, 0.15) is 0 Å². The van der Waals surface area contributed by atoms with Gasteiger partial charge in [-0.15, -0.1) is 5.10 Å². The van der Waals surface area contributed by atoms with E-state index in [1.54, 1.807) is 21.7 Å². The van der Waals surface area contributed by atoms with Crippen molar-refractivity contribution in [2.75, 3.05) is 11.5 Å². The number of H-pyrrole nitrogens is 1. The summed E-state index contributed by atoms with van der Waals surface area (Å²) in [7, 11) is 0. The quantitative estimate of drug-likeness (QED) is 0.145. The van der Waals surface area contributed by atoms with E-state index in [0.717, 1.165) is 21.1 Å². The highest BCUT2D eigenvalue weighted by molar-refractivity contribution is 9.10. The number of hydrogen-bond donors (Lipinski definition) is 3. The number of hydrogen-bond acceptors (Lipinski definition) is 6. The van der Waals surface area contributed by atoms with E-state index in [2.05, 4.69) is 31.3 Å². The molecule has 0 aliphatic carbocycles. The van der Waals surface area contributed by atoms with Crippen LogP contribution >= 0.6 is 15.9 Å². The number of aliphatic hydroxyl groups excluding tert-OH is 1. The molecule has 3 heterocycles. The predicted molar refractivity (Wildman–Crippen MR) is 191 cm³/mol. The molecule has 1 amide bonds. The van der Waals surface area contributed by atoms with E-state index < -0.39 is 17.4 Å². The summed E-state index contributed by atoms with van der Waals surface area (Å²) in [5.41, 5.74) is 3.09. The third kappa shape index (κ3) is 6.05. The molecule has 3 atom stereocenters. The van der Waals surface area contributed by atoms with Crippen molar-refractivity contribution in [1.82, 2.24) is 24.8 Å². The van der Waals surface area contributed by atoms with Crippen LogP contribution in [0.4, 0.5) is 5.69 Å². The van der Waals surface area contributed by atoms with Crippen LogP contribution in [0.15, 0.2) is 125 Å². The maximum Gasteiger partial charge on any atom is 0.279 e. The number of anilines is 1. The van der Waals surface area contributed by atoms with Crippen LogP contribution in [0, 0.1) is 5.92 Å². The Morgan fingerprint density at radius 1 is 0.980 bits per heavy atom. The number of aromatic nitrogens is 5. The molecular weight excluding hydrogens is 684 g/mol. The van der Waals surface area contributed by atoms with E-state index >= 15 is 0 Å². The van der Waals surface area contributed by atoms with Crippen molar-refractivity contribution < 1.29 is 15.0 Å². The minimum atomic E-state index is -1.79. The van der Waals surface area contributed by atoms with Crippen LogP contribution in [0.3, 0.4) is 0 Å². The lowest BCUT2D eigenvalue weighted by Gasteiger charge is -2.28. The molecule has 0 radical (unpaired) electrons. The number of nitrogens with zero attached hydrogens (tertiary/aromatic N) is 5. The lowest BCUT2D eigenvalue weighted by atomic mass is 9.83. The van der Waals surface area contributed by atoms with Gasteiger partial charge in [0.15, 0.2) is 5.60 Å². The zero-order chi connectivity index (χ0) is 34.1. The van der Waals surface area contributed by atoms with Gasteiger partial charge in [0.25, 0.3) is 11.5 Å². The standard InChI is InChI=1S/C38H35BrN6O4/c1-25(10-7-8-19-43-23-34(40-42-43)31(24-46)27-12-3-2-4-13-27)38(49)32-21-28(39)17-18-35(32)44(37(38)48)22-26-11-9-14-29(20-26)45-36(47)30-15-5-6-16-33(30)41-45/h2-7,9-18,20-21,23,25,31,41,46,49H,8,19,22,24H2,1H3/b10-7+/t25-,31?,38+/m1/s1. The van der Waals surface area contributed by atoms with Crippen LogP contribution in [0.1, 0.15) is 41.6 Å². The molecule has 11 heteroatoms. The van der Waals surface area contributed by atoms with E-state index in [9.17, 15) is 19.8 Å². The number of halogens is 1. The number of allylic oxidation sites excluding steroid dienone is 1. The van der Waals surface area contributed by atoms with Crippen LogP contribution in [-0.4, -0.2) is 47.5 Å². The van der Waals surface area contributed by atoms with E-state index in [4.69, 9.17) is 0 Å². The third-order valence-electron chi connectivity index (χ3n) is 9.24. The fourth-order valence-corrected chi connectivity index (χ4v) is 6.94. The summed E-state index contributed by atoms with van der Waals surface area (Å²) in [4.78, 5) is 28.8. The number of benzene rings is 4. The van der Waals surface area contributed by atoms with Gasteiger partial charge < -0.3 is 15.1 Å². The summed E-state index contributed by atoms with van der Waals surface area (Å²) in [5.74, 6) is -1.21. The van der Waals surface area contributed by atoms with Gasteiger partial charge in [0, 0.05) is 28.7 Å². The van der Waals surface area contributed by atoms with Crippen molar-refractivity contribution in [2.24, 2.45) is 5.92 Å². The molecule has 1 aliphatic heterocycles. The molecule has 10 nitrogen and oxygen atoms in total. The number of fused-ring (bicyclic) bond motifs is 2. The Hall–Kier alpha value is -5.10.